The molecule has 1 heterocycles. The number of hydrogen-bond donors (Lipinski definition) is 2. The van der Waals surface area contributed by atoms with Gasteiger partial charge in [-0.15, -0.1) is 0 Å². The van der Waals surface area contributed by atoms with E-state index in [-0.39, 0.29) is 12.1 Å². The largest absolute Gasteiger partial charge is 0.472 e. The van der Waals surface area contributed by atoms with E-state index in [1.807, 2.05) is 13.0 Å². The molecule has 0 radical (unpaired) electrons. The summed E-state index contributed by atoms with van der Waals surface area (Å²) in [6.07, 6.45) is 6.53. The number of hydrazine groups is 1. The summed E-state index contributed by atoms with van der Waals surface area (Å²) in [5.74, 6) is 5.59. The number of nitrogens with one attached hydrogen (secondary N) is 1. The number of ether oxygens (including phenoxy) is 1. The summed E-state index contributed by atoms with van der Waals surface area (Å²) in [6.45, 7) is 4.87. The fourth-order valence-corrected chi connectivity index (χ4v) is 1.86. The van der Waals surface area contributed by atoms with Gasteiger partial charge in [0.05, 0.1) is 24.7 Å². The summed E-state index contributed by atoms with van der Waals surface area (Å²) >= 11 is 0. The van der Waals surface area contributed by atoms with Crippen LogP contribution in [0.3, 0.4) is 0 Å². The van der Waals surface area contributed by atoms with Crippen LogP contribution in [-0.4, -0.2) is 18.8 Å². The van der Waals surface area contributed by atoms with Gasteiger partial charge in [-0.3, -0.25) is 11.3 Å². The highest BCUT2D eigenvalue weighted by molar-refractivity contribution is 5.08. The zero-order chi connectivity index (χ0) is 11.8. The molecule has 0 bridgehead atoms. The van der Waals surface area contributed by atoms with Gasteiger partial charge in [0, 0.05) is 6.61 Å². The van der Waals surface area contributed by atoms with Crippen LogP contribution in [-0.2, 0) is 11.2 Å². The monoisotopic (exact) mass is 226 g/mol. The molecule has 0 aliphatic carbocycles. The van der Waals surface area contributed by atoms with Crippen molar-refractivity contribution >= 4 is 0 Å². The SMILES string of the molecule is CCCC(OCC)C(Cc1ccoc1)NN. The van der Waals surface area contributed by atoms with Crippen LogP contribution in [0, 0.1) is 0 Å². The fraction of sp³-hybridized carbons (Fsp3) is 0.667. The predicted octanol–water partition coefficient (Wildman–Crippen LogP) is 1.86. The highest BCUT2D eigenvalue weighted by atomic mass is 16.5. The number of rotatable bonds is 8. The molecule has 0 aliphatic rings. The Balaban J connectivity index is 2.55. The molecule has 0 fully saturated rings. The molecular formula is C12H22N2O2. The second-order valence-electron chi connectivity index (χ2n) is 3.89. The highest BCUT2D eigenvalue weighted by Gasteiger charge is 2.20. The van der Waals surface area contributed by atoms with Gasteiger partial charge in [0.1, 0.15) is 0 Å². The Morgan fingerprint density at radius 2 is 2.31 bits per heavy atom. The Hall–Kier alpha value is -0.840. The first-order chi connectivity index (χ1) is 7.81. The maximum Gasteiger partial charge on any atom is 0.0935 e. The van der Waals surface area contributed by atoms with E-state index in [0.717, 1.165) is 24.8 Å². The number of furan rings is 1. The average Bonchev–Trinajstić information content (AvgIpc) is 2.78. The van der Waals surface area contributed by atoms with Crippen molar-refractivity contribution in [2.45, 2.75) is 45.3 Å². The molecule has 1 aromatic heterocycles. The Morgan fingerprint density at radius 3 is 2.81 bits per heavy atom. The van der Waals surface area contributed by atoms with Gasteiger partial charge in [0.2, 0.25) is 0 Å². The maximum atomic E-state index is 5.71. The number of hydrogen-bond acceptors (Lipinski definition) is 4. The third-order valence-electron chi connectivity index (χ3n) is 2.65. The number of nitrogens with two attached hydrogens (primary N) is 1. The standard InChI is InChI=1S/C12H22N2O2/c1-3-5-12(16-4-2)11(14-13)8-10-6-7-15-9-10/h6-7,9,11-12,14H,3-5,8,13H2,1-2H3. The molecule has 4 nitrogen and oxygen atoms in total. The van der Waals surface area contributed by atoms with Crippen molar-refractivity contribution in [3.8, 4) is 0 Å². The van der Waals surface area contributed by atoms with Gasteiger partial charge in [0.15, 0.2) is 0 Å². The fourth-order valence-electron chi connectivity index (χ4n) is 1.86. The molecule has 4 heteroatoms. The molecule has 0 spiro atoms. The van der Waals surface area contributed by atoms with E-state index < -0.39 is 0 Å². The van der Waals surface area contributed by atoms with E-state index in [9.17, 15) is 0 Å². The minimum atomic E-state index is 0.137. The minimum absolute atomic E-state index is 0.137. The second kappa shape index (κ2) is 7.44. The van der Waals surface area contributed by atoms with Crippen molar-refractivity contribution < 1.29 is 9.15 Å². The van der Waals surface area contributed by atoms with Crippen LogP contribution in [0.15, 0.2) is 23.0 Å². The Labute approximate surface area is 97.1 Å². The summed E-state index contributed by atoms with van der Waals surface area (Å²) < 4.78 is 10.8. The molecule has 0 amide bonds. The smallest absolute Gasteiger partial charge is 0.0935 e. The van der Waals surface area contributed by atoms with Crippen LogP contribution < -0.4 is 11.3 Å². The lowest BCUT2D eigenvalue weighted by Crippen LogP contribution is -2.46. The Morgan fingerprint density at radius 1 is 1.50 bits per heavy atom. The van der Waals surface area contributed by atoms with E-state index in [4.69, 9.17) is 15.0 Å². The molecule has 2 unspecified atom stereocenters. The molecular weight excluding hydrogens is 204 g/mol. The summed E-state index contributed by atoms with van der Waals surface area (Å²) in [4.78, 5) is 0. The first-order valence-electron chi connectivity index (χ1n) is 5.90. The van der Waals surface area contributed by atoms with E-state index in [1.54, 1.807) is 12.5 Å². The zero-order valence-electron chi connectivity index (χ0n) is 10.1. The molecule has 92 valence electrons. The average molecular weight is 226 g/mol. The Bertz CT molecular complexity index is 256. The Kier molecular flexibility index (Phi) is 6.15. The maximum absolute atomic E-state index is 5.71. The van der Waals surface area contributed by atoms with Gasteiger partial charge in [-0.2, -0.15) is 0 Å². The molecule has 1 rings (SSSR count). The van der Waals surface area contributed by atoms with Gasteiger partial charge >= 0.3 is 0 Å². The quantitative estimate of drug-likeness (QED) is 0.524. The van der Waals surface area contributed by atoms with Crippen molar-refractivity contribution in [2.75, 3.05) is 6.61 Å². The lowest BCUT2D eigenvalue weighted by Gasteiger charge is -2.25. The molecule has 0 saturated heterocycles. The zero-order valence-corrected chi connectivity index (χ0v) is 10.1. The summed E-state index contributed by atoms with van der Waals surface area (Å²) in [7, 11) is 0. The predicted molar refractivity (Wildman–Crippen MR) is 63.8 cm³/mol. The second-order valence-corrected chi connectivity index (χ2v) is 3.89. The van der Waals surface area contributed by atoms with Gasteiger partial charge in [0.25, 0.3) is 0 Å². The van der Waals surface area contributed by atoms with Crippen LogP contribution >= 0.6 is 0 Å². The lowest BCUT2D eigenvalue weighted by molar-refractivity contribution is 0.0281. The molecule has 2 atom stereocenters. The third-order valence-corrected chi connectivity index (χ3v) is 2.65. The minimum Gasteiger partial charge on any atom is -0.472 e. The van der Waals surface area contributed by atoms with Crippen molar-refractivity contribution in [2.24, 2.45) is 5.84 Å². The first-order valence-corrected chi connectivity index (χ1v) is 5.90. The summed E-state index contributed by atoms with van der Waals surface area (Å²) in [6, 6.07) is 2.09. The van der Waals surface area contributed by atoms with Crippen molar-refractivity contribution in [3.05, 3.63) is 24.2 Å². The molecule has 0 aliphatic heterocycles. The van der Waals surface area contributed by atoms with Crippen molar-refractivity contribution in [3.63, 3.8) is 0 Å². The van der Waals surface area contributed by atoms with Gasteiger partial charge < -0.3 is 9.15 Å². The lowest BCUT2D eigenvalue weighted by atomic mass is 10.0. The van der Waals surface area contributed by atoms with E-state index in [2.05, 4.69) is 12.3 Å². The molecule has 0 saturated carbocycles. The van der Waals surface area contributed by atoms with Crippen LogP contribution in [0.4, 0.5) is 0 Å². The van der Waals surface area contributed by atoms with Gasteiger partial charge in [-0.25, -0.2) is 0 Å². The van der Waals surface area contributed by atoms with E-state index >= 15 is 0 Å². The normalized spacial score (nSPS) is 14.9. The molecule has 16 heavy (non-hydrogen) atoms. The van der Waals surface area contributed by atoms with Crippen LogP contribution in [0.1, 0.15) is 32.3 Å². The summed E-state index contributed by atoms with van der Waals surface area (Å²) in [5, 5.41) is 0. The topological polar surface area (TPSA) is 60.4 Å². The van der Waals surface area contributed by atoms with Gasteiger partial charge in [-0.05, 0) is 31.4 Å². The van der Waals surface area contributed by atoms with Crippen LogP contribution in [0.25, 0.3) is 0 Å². The summed E-state index contributed by atoms with van der Waals surface area (Å²) in [5.41, 5.74) is 3.99. The molecule has 0 aromatic carbocycles. The van der Waals surface area contributed by atoms with E-state index in [0.29, 0.717) is 6.61 Å². The van der Waals surface area contributed by atoms with E-state index in [1.165, 1.54) is 0 Å². The first kappa shape index (κ1) is 13.2. The third kappa shape index (κ3) is 3.96. The van der Waals surface area contributed by atoms with Crippen molar-refractivity contribution in [1.82, 2.24) is 5.43 Å². The van der Waals surface area contributed by atoms with Gasteiger partial charge in [-0.1, -0.05) is 13.3 Å². The van der Waals surface area contributed by atoms with Crippen LogP contribution in [0.2, 0.25) is 0 Å². The molecule has 3 N–H and O–H groups in total. The van der Waals surface area contributed by atoms with Crippen molar-refractivity contribution in [1.29, 1.82) is 0 Å². The van der Waals surface area contributed by atoms with Crippen LogP contribution in [0.5, 0.6) is 0 Å². The molecule has 1 aromatic rings. The highest BCUT2D eigenvalue weighted by Crippen LogP contribution is 2.13.